The van der Waals surface area contributed by atoms with E-state index in [2.05, 4.69) is 27.8 Å². The van der Waals surface area contributed by atoms with E-state index in [1.165, 1.54) is 10.5 Å². The van der Waals surface area contributed by atoms with Crippen LogP contribution in [0.25, 0.3) is 11.0 Å². The van der Waals surface area contributed by atoms with Crippen LogP contribution in [-0.4, -0.2) is 26.7 Å². The van der Waals surface area contributed by atoms with Crippen LogP contribution in [0.15, 0.2) is 47.4 Å². The number of rotatable bonds is 3. The molecule has 122 valence electrons. The number of aromatic nitrogens is 3. The predicted octanol–water partition coefficient (Wildman–Crippen LogP) is 3.42. The Morgan fingerprint density at radius 3 is 3.08 bits per heavy atom. The first-order valence-corrected chi connectivity index (χ1v) is 9.10. The highest BCUT2D eigenvalue weighted by molar-refractivity contribution is 7.99. The van der Waals surface area contributed by atoms with E-state index in [1.54, 1.807) is 0 Å². The molecule has 2 heterocycles. The van der Waals surface area contributed by atoms with Crippen molar-refractivity contribution in [3.05, 3.63) is 53.6 Å². The molecule has 1 aliphatic heterocycles. The third-order valence-electron chi connectivity index (χ3n) is 4.34. The highest BCUT2D eigenvalue weighted by Crippen LogP contribution is 2.35. The van der Waals surface area contributed by atoms with E-state index in [4.69, 9.17) is 0 Å². The second kappa shape index (κ2) is 6.28. The standard InChI is InChI=1S/C18H18N4OS/c1-2-22-16-8-7-12(11-15(16)20-21-22)18(23)19-14-9-10-24-17-6-4-3-5-13(14)17/h3-8,11,14H,2,9-10H2,1H3,(H,19,23)/t14-/m0/s1. The molecule has 24 heavy (non-hydrogen) atoms. The molecule has 1 aliphatic rings. The molecular formula is C18H18N4OS. The van der Waals surface area contributed by atoms with Crippen LogP contribution < -0.4 is 5.32 Å². The van der Waals surface area contributed by atoms with E-state index < -0.39 is 0 Å². The molecule has 5 nitrogen and oxygen atoms in total. The van der Waals surface area contributed by atoms with Gasteiger partial charge in [0, 0.05) is 22.8 Å². The Bertz CT molecular complexity index is 905. The lowest BCUT2D eigenvalue weighted by Gasteiger charge is -2.25. The number of carbonyl (C=O) groups is 1. The minimum absolute atomic E-state index is 0.0605. The summed E-state index contributed by atoms with van der Waals surface area (Å²) >= 11 is 1.85. The third-order valence-corrected chi connectivity index (χ3v) is 5.46. The number of benzene rings is 2. The van der Waals surface area contributed by atoms with Crippen molar-refractivity contribution in [1.82, 2.24) is 20.3 Å². The molecule has 0 fully saturated rings. The van der Waals surface area contributed by atoms with Crippen molar-refractivity contribution >= 4 is 28.7 Å². The van der Waals surface area contributed by atoms with Crippen molar-refractivity contribution in [3.63, 3.8) is 0 Å². The topological polar surface area (TPSA) is 59.8 Å². The Morgan fingerprint density at radius 1 is 1.33 bits per heavy atom. The molecule has 3 aromatic rings. The fourth-order valence-corrected chi connectivity index (χ4v) is 4.21. The molecule has 0 spiro atoms. The van der Waals surface area contributed by atoms with Crippen molar-refractivity contribution in [3.8, 4) is 0 Å². The maximum atomic E-state index is 12.7. The zero-order chi connectivity index (χ0) is 16.5. The van der Waals surface area contributed by atoms with E-state index >= 15 is 0 Å². The summed E-state index contributed by atoms with van der Waals surface area (Å²) in [6, 6.07) is 13.9. The lowest BCUT2D eigenvalue weighted by atomic mass is 10.0. The normalized spacial score (nSPS) is 16.8. The van der Waals surface area contributed by atoms with Gasteiger partial charge < -0.3 is 5.32 Å². The van der Waals surface area contributed by atoms with E-state index in [0.29, 0.717) is 5.56 Å². The number of thioether (sulfide) groups is 1. The Morgan fingerprint density at radius 2 is 2.21 bits per heavy atom. The van der Waals surface area contributed by atoms with Gasteiger partial charge in [-0.2, -0.15) is 0 Å². The molecule has 2 aromatic carbocycles. The maximum Gasteiger partial charge on any atom is 0.251 e. The second-order valence-corrected chi connectivity index (χ2v) is 6.95. The summed E-state index contributed by atoms with van der Waals surface area (Å²) < 4.78 is 1.83. The molecule has 1 amide bonds. The molecular weight excluding hydrogens is 320 g/mol. The zero-order valence-electron chi connectivity index (χ0n) is 13.4. The molecule has 0 unspecified atom stereocenters. The lowest BCUT2D eigenvalue weighted by molar-refractivity contribution is 0.0935. The first kappa shape index (κ1) is 15.2. The molecule has 1 atom stereocenters. The number of amides is 1. The number of nitrogens with zero attached hydrogens (tertiary/aromatic N) is 3. The molecule has 0 saturated carbocycles. The number of hydrogen-bond donors (Lipinski definition) is 1. The summed E-state index contributed by atoms with van der Waals surface area (Å²) in [6.07, 6.45) is 0.946. The molecule has 4 rings (SSSR count). The Hall–Kier alpha value is -2.34. The van der Waals surface area contributed by atoms with Gasteiger partial charge in [-0.15, -0.1) is 16.9 Å². The van der Waals surface area contributed by atoms with Crippen molar-refractivity contribution in [2.24, 2.45) is 0 Å². The van der Waals surface area contributed by atoms with Gasteiger partial charge in [0.05, 0.1) is 11.6 Å². The Labute approximate surface area is 144 Å². The Balaban J connectivity index is 1.59. The fourth-order valence-electron chi connectivity index (χ4n) is 3.08. The Kier molecular flexibility index (Phi) is 3.98. The van der Waals surface area contributed by atoms with Gasteiger partial charge in [0.25, 0.3) is 5.91 Å². The average molecular weight is 338 g/mol. The lowest BCUT2D eigenvalue weighted by Crippen LogP contribution is -2.30. The van der Waals surface area contributed by atoms with E-state index in [0.717, 1.165) is 29.8 Å². The highest BCUT2D eigenvalue weighted by atomic mass is 32.2. The minimum Gasteiger partial charge on any atom is -0.345 e. The first-order valence-electron chi connectivity index (χ1n) is 8.12. The van der Waals surface area contributed by atoms with Gasteiger partial charge in [-0.3, -0.25) is 4.79 Å². The van der Waals surface area contributed by atoms with Gasteiger partial charge in [-0.1, -0.05) is 23.4 Å². The van der Waals surface area contributed by atoms with Crippen LogP contribution in [0.5, 0.6) is 0 Å². The van der Waals surface area contributed by atoms with Gasteiger partial charge in [0.2, 0.25) is 0 Å². The fraction of sp³-hybridized carbons (Fsp3) is 0.278. The summed E-state index contributed by atoms with van der Waals surface area (Å²) in [6.45, 7) is 2.78. The summed E-state index contributed by atoms with van der Waals surface area (Å²) in [5.74, 6) is 0.959. The summed E-state index contributed by atoms with van der Waals surface area (Å²) in [7, 11) is 0. The second-order valence-electron chi connectivity index (χ2n) is 5.81. The molecule has 6 heteroatoms. The van der Waals surface area contributed by atoms with E-state index in [1.807, 2.05) is 53.7 Å². The largest absolute Gasteiger partial charge is 0.345 e. The van der Waals surface area contributed by atoms with Gasteiger partial charge in [0.1, 0.15) is 5.52 Å². The van der Waals surface area contributed by atoms with Crippen LogP contribution in [0.2, 0.25) is 0 Å². The number of fused-ring (bicyclic) bond motifs is 2. The van der Waals surface area contributed by atoms with Crippen molar-refractivity contribution in [2.45, 2.75) is 30.8 Å². The number of nitrogens with one attached hydrogen (secondary N) is 1. The molecule has 1 aromatic heterocycles. The summed E-state index contributed by atoms with van der Waals surface area (Å²) in [4.78, 5) is 13.9. The van der Waals surface area contributed by atoms with Gasteiger partial charge in [0.15, 0.2) is 0 Å². The van der Waals surface area contributed by atoms with Crippen molar-refractivity contribution in [2.75, 3.05) is 5.75 Å². The van der Waals surface area contributed by atoms with Crippen LogP contribution in [0.3, 0.4) is 0 Å². The van der Waals surface area contributed by atoms with E-state index in [-0.39, 0.29) is 11.9 Å². The van der Waals surface area contributed by atoms with Crippen LogP contribution in [0.1, 0.15) is 35.3 Å². The third kappa shape index (κ3) is 2.67. The number of hydrogen-bond acceptors (Lipinski definition) is 4. The SMILES string of the molecule is CCn1nnc2cc(C(=O)N[C@H]3CCSc4ccccc43)ccc21. The molecule has 1 N–H and O–H groups in total. The highest BCUT2D eigenvalue weighted by Gasteiger charge is 2.22. The number of aryl methyl sites for hydroxylation is 1. The van der Waals surface area contributed by atoms with Gasteiger partial charge in [-0.25, -0.2) is 4.68 Å². The van der Waals surface area contributed by atoms with Crippen LogP contribution >= 0.6 is 11.8 Å². The van der Waals surface area contributed by atoms with Crippen LogP contribution in [-0.2, 0) is 6.54 Å². The van der Waals surface area contributed by atoms with Crippen LogP contribution in [0, 0.1) is 0 Å². The van der Waals surface area contributed by atoms with Crippen LogP contribution in [0.4, 0.5) is 0 Å². The summed E-state index contributed by atoms with van der Waals surface area (Å²) in [5.41, 5.74) is 3.54. The maximum absolute atomic E-state index is 12.7. The molecule has 0 aliphatic carbocycles. The molecule has 0 bridgehead atoms. The molecule has 0 radical (unpaired) electrons. The van der Waals surface area contributed by atoms with Gasteiger partial charge >= 0.3 is 0 Å². The zero-order valence-corrected chi connectivity index (χ0v) is 14.2. The van der Waals surface area contributed by atoms with Gasteiger partial charge in [-0.05, 0) is 43.2 Å². The van der Waals surface area contributed by atoms with Crippen molar-refractivity contribution in [1.29, 1.82) is 0 Å². The average Bonchev–Trinajstić information content (AvgIpc) is 3.04. The number of carbonyl (C=O) groups excluding carboxylic acids is 1. The molecule has 0 saturated heterocycles. The minimum atomic E-state index is -0.0605. The smallest absolute Gasteiger partial charge is 0.251 e. The quantitative estimate of drug-likeness (QED) is 0.795. The summed E-state index contributed by atoms with van der Waals surface area (Å²) in [5, 5.41) is 11.4. The van der Waals surface area contributed by atoms with E-state index in [9.17, 15) is 4.79 Å². The van der Waals surface area contributed by atoms with Crippen molar-refractivity contribution < 1.29 is 4.79 Å². The monoisotopic (exact) mass is 338 g/mol. The first-order chi connectivity index (χ1) is 11.8. The predicted molar refractivity (Wildman–Crippen MR) is 95.2 cm³/mol.